The van der Waals surface area contributed by atoms with Gasteiger partial charge in [0.15, 0.2) is 0 Å². The Hall–Kier alpha value is -1.26. The Kier molecular flexibility index (Phi) is 4.55. The van der Waals surface area contributed by atoms with E-state index in [0.717, 1.165) is 25.9 Å². The second-order valence-corrected chi connectivity index (χ2v) is 6.66. The van der Waals surface area contributed by atoms with E-state index in [0.29, 0.717) is 28.4 Å². The van der Waals surface area contributed by atoms with Crippen molar-refractivity contribution in [1.82, 2.24) is 4.90 Å². The molecule has 1 amide bonds. The second kappa shape index (κ2) is 6.02. The van der Waals surface area contributed by atoms with E-state index in [9.17, 15) is 4.79 Å². The number of likely N-dealkylation sites (tertiary alicyclic amines) is 1. The first kappa shape index (κ1) is 15.1. The van der Waals surface area contributed by atoms with Gasteiger partial charge in [0.25, 0.3) is 0 Å². The summed E-state index contributed by atoms with van der Waals surface area (Å²) in [5.74, 6) is -0.0290. The zero-order valence-corrected chi connectivity index (χ0v) is 12.8. The number of amides is 1. The lowest BCUT2D eigenvalue weighted by Gasteiger charge is -2.36. The first-order valence-corrected chi connectivity index (χ1v) is 7.31. The Morgan fingerprint density at radius 1 is 1.40 bits per heavy atom. The highest BCUT2D eigenvalue weighted by Gasteiger charge is 2.26. The number of nitrogens with one attached hydrogen (secondary N) is 1. The third-order valence-electron chi connectivity index (χ3n) is 3.86. The lowest BCUT2D eigenvalue weighted by molar-refractivity contribution is -0.117. The van der Waals surface area contributed by atoms with Crippen LogP contribution in [0.4, 0.5) is 11.4 Å². The Labute approximate surface area is 125 Å². The fraction of sp³-hybridized carbons (Fsp3) is 0.533. The third-order valence-corrected chi connectivity index (χ3v) is 4.10. The molecule has 0 bridgehead atoms. The van der Waals surface area contributed by atoms with E-state index in [1.807, 2.05) is 0 Å². The summed E-state index contributed by atoms with van der Waals surface area (Å²) in [6, 6.07) is 5.09. The highest BCUT2D eigenvalue weighted by atomic mass is 35.5. The summed E-state index contributed by atoms with van der Waals surface area (Å²) in [5.41, 5.74) is 7.34. The smallest absolute Gasteiger partial charge is 0.238 e. The maximum absolute atomic E-state index is 12.0. The Balaban J connectivity index is 1.87. The summed E-state index contributed by atoms with van der Waals surface area (Å²) in [6.07, 6.45) is 2.26. The Bertz CT molecular complexity index is 492. The molecule has 1 heterocycles. The van der Waals surface area contributed by atoms with E-state index in [1.165, 1.54) is 0 Å². The quantitative estimate of drug-likeness (QED) is 0.843. The third kappa shape index (κ3) is 4.12. The lowest BCUT2D eigenvalue weighted by Crippen LogP contribution is -2.41. The van der Waals surface area contributed by atoms with Gasteiger partial charge in [0.05, 0.1) is 17.9 Å². The molecule has 20 heavy (non-hydrogen) atoms. The molecule has 110 valence electrons. The molecule has 5 heteroatoms. The molecular formula is C15H22ClN3O. The van der Waals surface area contributed by atoms with Crippen molar-refractivity contribution in [2.75, 3.05) is 30.7 Å². The van der Waals surface area contributed by atoms with Crippen LogP contribution in [0.25, 0.3) is 0 Å². The molecule has 4 nitrogen and oxygen atoms in total. The normalized spacial score (nSPS) is 18.8. The maximum Gasteiger partial charge on any atom is 0.238 e. The highest BCUT2D eigenvalue weighted by Crippen LogP contribution is 2.29. The number of rotatable bonds is 3. The molecule has 0 radical (unpaired) electrons. The minimum Gasteiger partial charge on any atom is -0.397 e. The molecule has 1 aliphatic heterocycles. The van der Waals surface area contributed by atoms with Gasteiger partial charge >= 0.3 is 0 Å². The SMILES string of the molecule is CC1(C)CCN(CC(=O)Nc2ccc(Cl)cc2N)CC1. The summed E-state index contributed by atoms with van der Waals surface area (Å²) in [4.78, 5) is 14.2. The van der Waals surface area contributed by atoms with E-state index in [1.54, 1.807) is 18.2 Å². The molecule has 1 aromatic carbocycles. The fourth-order valence-corrected chi connectivity index (χ4v) is 2.54. The van der Waals surface area contributed by atoms with Gasteiger partial charge in [0.1, 0.15) is 0 Å². The topological polar surface area (TPSA) is 58.4 Å². The van der Waals surface area contributed by atoms with Crippen molar-refractivity contribution in [2.45, 2.75) is 26.7 Å². The van der Waals surface area contributed by atoms with Crippen molar-refractivity contribution in [3.8, 4) is 0 Å². The van der Waals surface area contributed by atoms with E-state index in [2.05, 4.69) is 24.1 Å². The molecular weight excluding hydrogens is 274 g/mol. The first-order valence-electron chi connectivity index (χ1n) is 6.93. The number of halogens is 1. The number of carbonyl (C=O) groups excluding carboxylic acids is 1. The summed E-state index contributed by atoms with van der Waals surface area (Å²) in [5, 5.41) is 3.41. The monoisotopic (exact) mass is 295 g/mol. The molecule has 0 aliphatic carbocycles. The zero-order valence-electron chi connectivity index (χ0n) is 12.1. The van der Waals surface area contributed by atoms with Gasteiger partial charge in [-0.2, -0.15) is 0 Å². The standard InChI is InChI=1S/C15H22ClN3O/c1-15(2)5-7-19(8-6-15)10-14(20)18-13-4-3-11(16)9-12(13)17/h3-4,9H,5-8,10,17H2,1-2H3,(H,18,20). The predicted octanol–water partition coefficient (Wildman–Crippen LogP) is 2.98. The number of nitrogens with zero attached hydrogens (tertiary/aromatic N) is 1. The largest absolute Gasteiger partial charge is 0.397 e. The van der Waals surface area contributed by atoms with Crippen LogP contribution in [0.2, 0.25) is 5.02 Å². The van der Waals surface area contributed by atoms with E-state index >= 15 is 0 Å². The molecule has 2 rings (SSSR count). The van der Waals surface area contributed by atoms with Crippen molar-refractivity contribution in [3.63, 3.8) is 0 Å². The van der Waals surface area contributed by atoms with Crippen LogP contribution < -0.4 is 11.1 Å². The molecule has 0 atom stereocenters. The van der Waals surface area contributed by atoms with E-state index < -0.39 is 0 Å². The maximum atomic E-state index is 12.0. The van der Waals surface area contributed by atoms with Crippen LogP contribution >= 0.6 is 11.6 Å². The number of carbonyl (C=O) groups is 1. The average molecular weight is 296 g/mol. The summed E-state index contributed by atoms with van der Waals surface area (Å²) >= 11 is 5.83. The molecule has 1 aromatic rings. The molecule has 0 aromatic heterocycles. The molecule has 3 N–H and O–H groups in total. The van der Waals surface area contributed by atoms with Crippen LogP contribution in [0, 0.1) is 5.41 Å². The predicted molar refractivity (Wildman–Crippen MR) is 83.9 cm³/mol. The van der Waals surface area contributed by atoms with Crippen LogP contribution in [0.5, 0.6) is 0 Å². The molecule has 0 saturated carbocycles. The second-order valence-electron chi connectivity index (χ2n) is 6.22. The summed E-state index contributed by atoms with van der Waals surface area (Å²) in [7, 11) is 0. The highest BCUT2D eigenvalue weighted by molar-refractivity contribution is 6.31. The molecule has 1 saturated heterocycles. The number of benzene rings is 1. The van der Waals surface area contributed by atoms with Gasteiger partial charge in [-0.3, -0.25) is 9.69 Å². The van der Waals surface area contributed by atoms with Gasteiger partial charge in [-0.15, -0.1) is 0 Å². The van der Waals surface area contributed by atoms with Crippen LogP contribution in [0.1, 0.15) is 26.7 Å². The van der Waals surface area contributed by atoms with Gasteiger partial charge in [-0.05, 0) is 49.5 Å². The Morgan fingerprint density at radius 2 is 2.05 bits per heavy atom. The van der Waals surface area contributed by atoms with Gasteiger partial charge in [-0.1, -0.05) is 25.4 Å². The molecule has 1 fully saturated rings. The number of nitrogen functional groups attached to an aromatic ring is 1. The fourth-order valence-electron chi connectivity index (χ4n) is 2.36. The minimum absolute atomic E-state index is 0.0290. The molecule has 0 spiro atoms. The van der Waals surface area contributed by atoms with Crippen LogP contribution in [-0.4, -0.2) is 30.4 Å². The van der Waals surface area contributed by atoms with Crippen molar-refractivity contribution in [2.24, 2.45) is 5.41 Å². The first-order chi connectivity index (χ1) is 9.35. The number of piperidine rings is 1. The van der Waals surface area contributed by atoms with Crippen molar-refractivity contribution < 1.29 is 4.79 Å². The minimum atomic E-state index is -0.0290. The average Bonchev–Trinajstić information content (AvgIpc) is 2.35. The number of nitrogens with two attached hydrogens (primary N) is 1. The van der Waals surface area contributed by atoms with Gasteiger partial charge < -0.3 is 11.1 Å². The van der Waals surface area contributed by atoms with Gasteiger partial charge in [0, 0.05) is 5.02 Å². The van der Waals surface area contributed by atoms with Gasteiger partial charge in [-0.25, -0.2) is 0 Å². The molecule has 0 unspecified atom stereocenters. The number of hydrogen-bond acceptors (Lipinski definition) is 3. The zero-order chi connectivity index (χ0) is 14.8. The Morgan fingerprint density at radius 3 is 2.65 bits per heavy atom. The number of anilines is 2. The van der Waals surface area contributed by atoms with Crippen LogP contribution in [-0.2, 0) is 4.79 Å². The molecule has 1 aliphatic rings. The summed E-state index contributed by atoms with van der Waals surface area (Å²) in [6.45, 7) is 6.91. The van der Waals surface area contributed by atoms with E-state index in [-0.39, 0.29) is 5.91 Å². The summed E-state index contributed by atoms with van der Waals surface area (Å²) < 4.78 is 0. The van der Waals surface area contributed by atoms with Gasteiger partial charge in [0.2, 0.25) is 5.91 Å². The number of hydrogen-bond donors (Lipinski definition) is 2. The van der Waals surface area contributed by atoms with Crippen molar-refractivity contribution >= 4 is 28.9 Å². The van der Waals surface area contributed by atoms with Crippen molar-refractivity contribution in [3.05, 3.63) is 23.2 Å². The van der Waals surface area contributed by atoms with Crippen LogP contribution in [0.3, 0.4) is 0 Å². The van der Waals surface area contributed by atoms with Crippen molar-refractivity contribution in [1.29, 1.82) is 0 Å². The lowest BCUT2D eigenvalue weighted by atomic mass is 9.83. The van der Waals surface area contributed by atoms with E-state index in [4.69, 9.17) is 17.3 Å². The van der Waals surface area contributed by atoms with Crippen LogP contribution in [0.15, 0.2) is 18.2 Å².